The number of carbonyl (C=O) groups excluding carboxylic acids is 2. The van der Waals surface area contributed by atoms with Crippen molar-refractivity contribution in [3.8, 4) is 5.75 Å². The molecule has 1 heterocycles. The molecule has 3 aromatic carbocycles. The normalized spacial score (nSPS) is 15.3. The van der Waals surface area contributed by atoms with Crippen LogP contribution in [-0.2, 0) is 16.1 Å². The van der Waals surface area contributed by atoms with Crippen molar-refractivity contribution in [2.75, 3.05) is 13.7 Å². The molecular formula is C28H24N2O6S. The number of hydrogen-bond acceptors (Lipinski definition) is 7. The van der Waals surface area contributed by atoms with E-state index in [1.54, 1.807) is 56.4 Å². The van der Waals surface area contributed by atoms with E-state index in [0.717, 1.165) is 11.1 Å². The number of benzene rings is 3. The van der Waals surface area contributed by atoms with Crippen molar-refractivity contribution in [1.82, 2.24) is 4.90 Å². The van der Waals surface area contributed by atoms with Crippen LogP contribution in [0.25, 0.3) is 6.08 Å². The summed E-state index contributed by atoms with van der Waals surface area (Å²) in [6.45, 7) is 2.30. The average molecular weight is 517 g/mol. The largest absolute Gasteiger partial charge is 0.488 e. The lowest BCUT2D eigenvalue weighted by Gasteiger charge is -2.10. The molecule has 8 nitrogen and oxygen atoms in total. The van der Waals surface area contributed by atoms with Crippen molar-refractivity contribution >= 4 is 46.5 Å². The number of rotatable bonds is 8. The second-order valence-electron chi connectivity index (χ2n) is 7.97. The molecule has 0 saturated carbocycles. The summed E-state index contributed by atoms with van der Waals surface area (Å²) in [5, 5.41) is 9.56. The summed E-state index contributed by atoms with van der Waals surface area (Å²) in [4.78, 5) is 42.3. The standard InChI is InChI=1S/C28H24N2O6S/c1-3-35-27(34)20-12-14-22(15-13-20)29-28-30(2)25(31)24(37-28)16-21-6-4-5-7-23(21)36-17-18-8-10-19(11-9-18)26(32)33/h4-16H,3,17H2,1-2H3,(H,32,33). The predicted octanol–water partition coefficient (Wildman–Crippen LogP) is 5.37. The minimum absolute atomic E-state index is 0.189. The first kappa shape index (κ1) is 25.7. The van der Waals surface area contributed by atoms with Crippen LogP contribution in [0.5, 0.6) is 5.75 Å². The van der Waals surface area contributed by atoms with Gasteiger partial charge in [0.2, 0.25) is 0 Å². The van der Waals surface area contributed by atoms with E-state index in [0.29, 0.717) is 33.7 Å². The Morgan fingerprint density at radius 1 is 1.00 bits per heavy atom. The Hall–Kier alpha value is -4.37. The summed E-state index contributed by atoms with van der Waals surface area (Å²) in [5.41, 5.74) is 2.80. The number of carbonyl (C=O) groups is 3. The highest BCUT2D eigenvalue weighted by molar-refractivity contribution is 8.18. The van der Waals surface area contributed by atoms with Crippen molar-refractivity contribution in [2.24, 2.45) is 4.99 Å². The Labute approximate surface area is 218 Å². The summed E-state index contributed by atoms with van der Waals surface area (Å²) in [6, 6.07) is 20.5. The van der Waals surface area contributed by atoms with E-state index >= 15 is 0 Å². The maximum Gasteiger partial charge on any atom is 0.338 e. The van der Waals surface area contributed by atoms with Gasteiger partial charge in [0, 0.05) is 12.6 Å². The molecule has 37 heavy (non-hydrogen) atoms. The second-order valence-corrected chi connectivity index (χ2v) is 8.97. The second kappa shape index (κ2) is 11.6. The van der Waals surface area contributed by atoms with E-state index in [-0.39, 0.29) is 18.1 Å². The summed E-state index contributed by atoms with van der Waals surface area (Å²) in [5.74, 6) is -0.975. The van der Waals surface area contributed by atoms with Crippen LogP contribution in [0, 0.1) is 0 Å². The lowest BCUT2D eigenvalue weighted by Crippen LogP contribution is -2.23. The highest BCUT2D eigenvalue weighted by Gasteiger charge is 2.30. The summed E-state index contributed by atoms with van der Waals surface area (Å²) >= 11 is 1.25. The summed E-state index contributed by atoms with van der Waals surface area (Å²) < 4.78 is 11.0. The zero-order chi connectivity index (χ0) is 26.4. The van der Waals surface area contributed by atoms with E-state index in [2.05, 4.69) is 4.99 Å². The number of carboxylic acids is 1. The Bertz CT molecular complexity index is 1380. The number of hydrogen-bond donors (Lipinski definition) is 1. The fourth-order valence-electron chi connectivity index (χ4n) is 3.43. The predicted molar refractivity (Wildman–Crippen MR) is 142 cm³/mol. The van der Waals surface area contributed by atoms with Crippen LogP contribution in [0.4, 0.5) is 5.69 Å². The molecule has 4 rings (SSSR count). The SMILES string of the molecule is CCOC(=O)c1ccc(N=C2SC(=Cc3ccccc3OCc3ccc(C(=O)O)cc3)C(=O)N2C)cc1. The third kappa shape index (κ3) is 6.25. The van der Waals surface area contributed by atoms with E-state index in [9.17, 15) is 14.4 Å². The Morgan fingerprint density at radius 2 is 1.68 bits per heavy atom. The Morgan fingerprint density at radius 3 is 2.35 bits per heavy atom. The number of ether oxygens (including phenoxy) is 2. The summed E-state index contributed by atoms with van der Waals surface area (Å²) in [6.07, 6.45) is 1.76. The average Bonchev–Trinajstić information content (AvgIpc) is 3.16. The zero-order valence-electron chi connectivity index (χ0n) is 20.2. The number of aliphatic imine (C=N–C) groups is 1. The van der Waals surface area contributed by atoms with Gasteiger partial charge < -0.3 is 14.6 Å². The van der Waals surface area contributed by atoms with Crippen molar-refractivity contribution in [3.05, 3.63) is 100.0 Å². The van der Waals surface area contributed by atoms with Crippen LogP contribution in [0.3, 0.4) is 0 Å². The number of carboxylic acid groups (broad SMARTS) is 1. The monoisotopic (exact) mass is 516 g/mol. The first-order chi connectivity index (χ1) is 17.9. The van der Waals surface area contributed by atoms with Crippen LogP contribution >= 0.6 is 11.8 Å². The maximum absolute atomic E-state index is 12.9. The third-order valence-electron chi connectivity index (χ3n) is 5.41. The summed E-state index contributed by atoms with van der Waals surface area (Å²) in [7, 11) is 1.66. The van der Waals surface area contributed by atoms with Crippen LogP contribution in [0.2, 0.25) is 0 Å². The minimum Gasteiger partial charge on any atom is -0.488 e. The molecule has 0 bridgehead atoms. The van der Waals surface area contributed by atoms with Gasteiger partial charge in [-0.25, -0.2) is 14.6 Å². The number of para-hydroxylation sites is 1. The zero-order valence-corrected chi connectivity index (χ0v) is 21.0. The van der Waals surface area contributed by atoms with Gasteiger partial charge in [-0.05, 0) is 72.8 Å². The molecule has 1 aliphatic heterocycles. The first-order valence-corrected chi connectivity index (χ1v) is 12.2. The molecule has 0 aromatic heterocycles. The number of aromatic carboxylic acids is 1. The highest BCUT2D eigenvalue weighted by Crippen LogP contribution is 2.35. The number of amidine groups is 1. The number of thioether (sulfide) groups is 1. The maximum atomic E-state index is 12.9. The van der Waals surface area contributed by atoms with E-state index < -0.39 is 11.9 Å². The van der Waals surface area contributed by atoms with Crippen molar-refractivity contribution < 1.29 is 29.0 Å². The smallest absolute Gasteiger partial charge is 0.338 e. The van der Waals surface area contributed by atoms with Gasteiger partial charge >= 0.3 is 11.9 Å². The van der Waals surface area contributed by atoms with Crippen LogP contribution in [0.1, 0.15) is 38.8 Å². The van der Waals surface area contributed by atoms with Crippen molar-refractivity contribution in [3.63, 3.8) is 0 Å². The van der Waals surface area contributed by atoms with E-state index in [1.165, 1.54) is 28.8 Å². The highest BCUT2D eigenvalue weighted by atomic mass is 32.2. The van der Waals surface area contributed by atoms with E-state index in [1.807, 2.05) is 24.3 Å². The Kier molecular flexibility index (Phi) is 8.05. The molecular weight excluding hydrogens is 492 g/mol. The van der Waals surface area contributed by atoms with Crippen molar-refractivity contribution in [1.29, 1.82) is 0 Å². The Balaban J connectivity index is 1.49. The van der Waals surface area contributed by atoms with Gasteiger partial charge in [-0.3, -0.25) is 9.69 Å². The van der Waals surface area contributed by atoms with Gasteiger partial charge in [0.1, 0.15) is 12.4 Å². The lowest BCUT2D eigenvalue weighted by atomic mass is 10.1. The molecule has 0 radical (unpaired) electrons. The van der Waals surface area contributed by atoms with E-state index in [4.69, 9.17) is 14.6 Å². The number of nitrogens with zero attached hydrogens (tertiary/aromatic N) is 2. The minimum atomic E-state index is -0.982. The molecule has 1 aliphatic rings. The van der Waals surface area contributed by atoms with Gasteiger partial charge in [0.05, 0.1) is 28.3 Å². The van der Waals surface area contributed by atoms with Gasteiger partial charge in [-0.15, -0.1) is 0 Å². The molecule has 0 aliphatic carbocycles. The molecule has 1 saturated heterocycles. The molecule has 3 aromatic rings. The van der Waals surface area contributed by atoms with Gasteiger partial charge in [-0.2, -0.15) is 0 Å². The molecule has 0 spiro atoms. The van der Waals surface area contributed by atoms with Gasteiger partial charge in [0.15, 0.2) is 5.17 Å². The molecule has 188 valence electrons. The number of likely N-dealkylation sites (N-methyl/N-ethyl adjacent to an activating group) is 1. The lowest BCUT2D eigenvalue weighted by molar-refractivity contribution is -0.121. The number of amides is 1. The topological polar surface area (TPSA) is 106 Å². The van der Waals surface area contributed by atoms with Crippen molar-refractivity contribution in [2.45, 2.75) is 13.5 Å². The number of esters is 1. The fraction of sp³-hybridized carbons (Fsp3) is 0.143. The first-order valence-electron chi connectivity index (χ1n) is 11.4. The molecule has 1 N–H and O–H groups in total. The van der Waals surface area contributed by atoms with Gasteiger partial charge in [-0.1, -0.05) is 30.3 Å². The van der Waals surface area contributed by atoms with Crippen LogP contribution < -0.4 is 4.74 Å². The molecule has 1 amide bonds. The molecule has 1 fully saturated rings. The van der Waals surface area contributed by atoms with Gasteiger partial charge in [0.25, 0.3) is 5.91 Å². The molecule has 0 atom stereocenters. The molecule has 0 unspecified atom stereocenters. The quantitative estimate of drug-likeness (QED) is 0.317. The fourth-order valence-corrected chi connectivity index (χ4v) is 4.40. The van der Waals surface area contributed by atoms with Crippen LogP contribution in [0.15, 0.2) is 82.7 Å². The molecule has 9 heteroatoms. The van der Waals surface area contributed by atoms with Crippen LogP contribution in [-0.4, -0.2) is 46.7 Å². The third-order valence-corrected chi connectivity index (χ3v) is 6.47.